The highest BCUT2D eigenvalue weighted by molar-refractivity contribution is 6.30. The maximum Gasteiger partial charge on any atom is 0.337 e. The minimum Gasteiger partial charge on any atom is -0.481 e. The Morgan fingerprint density at radius 3 is 2.36 bits per heavy atom. The van der Waals surface area contributed by atoms with Gasteiger partial charge >= 0.3 is 17.9 Å². The van der Waals surface area contributed by atoms with Crippen LogP contribution >= 0.6 is 11.6 Å². The van der Waals surface area contributed by atoms with Crippen LogP contribution in [0, 0.1) is 0 Å². The molecule has 0 saturated carbocycles. The Morgan fingerprint density at radius 1 is 1.23 bits per heavy atom. The van der Waals surface area contributed by atoms with Crippen LogP contribution in [-0.4, -0.2) is 35.7 Å². The van der Waals surface area contributed by atoms with Crippen molar-refractivity contribution in [2.75, 3.05) is 6.61 Å². The topological polar surface area (TPSA) is 89.9 Å². The van der Waals surface area contributed by atoms with E-state index < -0.39 is 30.4 Å². The first-order chi connectivity index (χ1) is 10.3. The van der Waals surface area contributed by atoms with Crippen LogP contribution in [0.15, 0.2) is 48.6 Å². The molecule has 22 heavy (non-hydrogen) atoms. The van der Waals surface area contributed by atoms with E-state index in [-0.39, 0.29) is 23.6 Å². The minimum atomic E-state index is -1.14. The van der Waals surface area contributed by atoms with E-state index in [1.165, 1.54) is 12.2 Å². The normalized spacial score (nSPS) is 11.5. The van der Waals surface area contributed by atoms with Gasteiger partial charge in [0.05, 0.1) is 18.6 Å². The third kappa shape index (κ3) is 9.55. The molecule has 1 N–H and O–H groups in total. The number of carboxylic acid groups (broad SMARTS) is 1. The zero-order valence-corrected chi connectivity index (χ0v) is 12.7. The Balaban J connectivity index is 4.36. The summed E-state index contributed by atoms with van der Waals surface area (Å²) in [5.74, 6) is -2.58. The number of allylic oxidation sites excluding steroid dienone is 2. The van der Waals surface area contributed by atoms with Crippen molar-refractivity contribution in [3.8, 4) is 0 Å². The molecule has 0 aliphatic rings. The lowest BCUT2D eigenvalue weighted by atomic mass is 10.2. The molecule has 0 rings (SSSR count). The number of esters is 2. The van der Waals surface area contributed by atoms with E-state index in [1.54, 1.807) is 0 Å². The first-order valence-electron chi connectivity index (χ1n) is 6.19. The summed E-state index contributed by atoms with van der Waals surface area (Å²) in [6, 6.07) is 0. The molecular formula is C15H17ClO6. The molecule has 0 radical (unpaired) electrons. The van der Waals surface area contributed by atoms with Gasteiger partial charge in [-0.3, -0.25) is 4.79 Å². The fourth-order valence-corrected chi connectivity index (χ4v) is 1.31. The van der Waals surface area contributed by atoms with E-state index in [2.05, 4.69) is 19.7 Å². The zero-order valence-electron chi connectivity index (χ0n) is 11.9. The summed E-state index contributed by atoms with van der Waals surface area (Å²) in [5.41, 5.74) is 0.0553. The molecule has 0 amide bonds. The SMILES string of the molecule is C=CC(=O)OC(CCOC(=O)C(=C)C=CC(=C)Cl)CC(=O)O. The van der Waals surface area contributed by atoms with Gasteiger partial charge in [0.1, 0.15) is 6.10 Å². The van der Waals surface area contributed by atoms with Crippen molar-refractivity contribution in [1.29, 1.82) is 0 Å². The summed E-state index contributed by atoms with van der Waals surface area (Å²) >= 11 is 5.50. The molecule has 0 aromatic rings. The Kier molecular flexibility index (Phi) is 9.29. The van der Waals surface area contributed by atoms with Gasteiger partial charge in [0.2, 0.25) is 0 Å². The average molecular weight is 329 g/mol. The van der Waals surface area contributed by atoms with Gasteiger partial charge in [-0.1, -0.05) is 31.3 Å². The highest BCUT2D eigenvalue weighted by atomic mass is 35.5. The van der Waals surface area contributed by atoms with Gasteiger partial charge in [0.15, 0.2) is 0 Å². The average Bonchev–Trinajstić information content (AvgIpc) is 2.43. The summed E-state index contributed by atoms with van der Waals surface area (Å²) < 4.78 is 9.73. The van der Waals surface area contributed by atoms with E-state index in [1.807, 2.05) is 0 Å². The van der Waals surface area contributed by atoms with E-state index in [0.29, 0.717) is 0 Å². The summed E-state index contributed by atoms with van der Waals surface area (Å²) in [6.07, 6.45) is 2.36. The molecule has 0 saturated heterocycles. The van der Waals surface area contributed by atoms with Crippen LogP contribution in [0.1, 0.15) is 12.8 Å². The third-order valence-electron chi connectivity index (χ3n) is 2.25. The van der Waals surface area contributed by atoms with Gasteiger partial charge in [-0.2, -0.15) is 0 Å². The van der Waals surface area contributed by atoms with Gasteiger partial charge in [-0.15, -0.1) is 0 Å². The second kappa shape index (κ2) is 10.4. The second-order valence-corrected chi connectivity index (χ2v) is 4.58. The van der Waals surface area contributed by atoms with Crippen molar-refractivity contribution in [2.24, 2.45) is 0 Å². The predicted molar refractivity (Wildman–Crippen MR) is 81.2 cm³/mol. The highest BCUT2D eigenvalue weighted by Gasteiger charge is 2.18. The van der Waals surface area contributed by atoms with Crippen molar-refractivity contribution in [3.05, 3.63) is 48.6 Å². The molecule has 0 aromatic carbocycles. The minimum absolute atomic E-state index is 0.0385. The van der Waals surface area contributed by atoms with Crippen LogP contribution in [0.3, 0.4) is 0 Å². The molecule has 120 valence electrons. The summed E-state index contributed by atoms with van der Waals surface area (Å²) in [6.45, 7) is 9.97. The molecule has 1 unspecified atom stereocenters. The highest BCUT2D eigenvalue weighted by Crippen LogP contribution is 2.08. The van der Waals surface area contributed by atoms with Crippen molar-refractivity contribution in [2.45, 2.75) is 18.9 Å². The number of ether oxygens (including phenoxy) is 2. The van der Waals surface area contributed by atoms with Crippen LogP contribution in [0.4, 0.5) is 0 Å². The molecule has 0 aliphatic carbocycles. The molecule has 1 atom stereocenters. The molecule has 7 heteroatoms. The first-order valence-corrected chi connectivity index (χ1v) is 6.57. The molecule has 0 fully saturated rings. The number of carbonyl (C=O) groups excluding carboxylic acids is 2. The van der Waals surface area contributed by atoms with E-state index >= 15 is 0 Å². The fourth-order valence-electron chi connectivity index (χ4n) is 1.24. The standard InChI is InChI=1S/C15H17ClO6/c1-4-14(19)22-12(9-13(17)18)7-8-21-15(20)10(2)5-6-11(3)16/h4-6,12H,1-3,7-9H2,(H,17,18). The third-order valence-corrected chi connectivity index (χ3v) is 2.38. The van der Waals surface area contributed by atoms with E-state index in [0.717, 1.165) is 6.08 Å². The maximum absolute atomic E-state index is 11.6. The maximum atomic E-state index is 11.6. The lowest BCUT2D eigenvalue weighted by Gasteiger charge is -2.15. The van der Waals surface area contributed by atoms with E-state index in [9.17, 15) is 14.4 Å². The molecule has 6 nitrogen and oxygen atoms in total. The van der Waals surface area contributed by atoms with Crippen LogP contribution in [0.25, 0.3) is 0 Å². The van der Waals surface area contributed by atoms with Gasteiger partial charge in [-0.05, 0) is 12.2 Å². The van der Waals surface area contributed by atoms with Gasteiger partial charge < -0.3 is 14.6 Å². The summed E-state index contributed by atoms with van der Waals surface area (Å²) in [7, 11) is 0. The molecule has 0 aromatic heterocycles. The van der Waals surface area contributed by atoms with Gasteiger partial charge in [0.25, 0.3) is 0 Å². The molecular weight excluding hydrogens is 312 g/mol. The van der Waals surface area contributed by atoms with Crippen molar-refractivity contribution < 1.29 is 29.0 Å². The quantitative estimate of drug-likeness (QED) is 0.376. The van der Waals surface area contributed by atoms with Crippen LogP contribution < -0.4 is 0 Å². The molecule has 0 spiro atoms. The summed E-state index contributed by atoms with van der Waals surface area (Å²) in [4.78, 5) is 33.3. The number of carboxylic acids is 1. The van der Waals surface area contributed by atoms with E-state index in [4.69, 9.17) is 26.2 Å². The fraction of sp³-hybridized carbons (Fsp3) is 0.267. The predicted octanol–water partition coefficient (Wildman–Crippen LogP) is 2.36. The number of hydrogen-bond donors (Lipinski definition) is 1. The van der Waals surface area contributed by atoms with Crippen LogP contribution in [0.2, 0.25) is 0 Å². The van der Waals surface area contributed by atoms with Gasteiger partial charge in [0, 0.05) is 17.5 Å². The Hall–Kier alpha value is -2.34. The lowest BCUT2D eigenvalue weighted by molar-refractivity contribution is -0.149. The zero-order chi connectivity index (χ0) is 17.1. The largest absolute Gasteiger partial charge is 0.481 e. The van der Waals surface area contributed by atoms with Crippen molar-refractivity contribution >= 4 is 29.5 Å². The Bertz CT molecular complexity index is 506. The molecule has 0 bridgehead atoms. The van der Waals surface area contributed by atoms with Crippen molar-refractivity contribution in [3.63, 3.8) is 0 Å². The second-order valence-electron chi connectivity index (χ2n) is 4.09. The smallest absolute Gasteiger partial charge is 0.337 e. The number of carbonyl (C=O) groups is 3. The first kappa shape index (κ1) is 19.7. The van der Waals surface area contributed by atoms with Gasteiger partial charge in [-0.25, -0.2) is 9.59 Å². The Labute approximate surface area is 133 Å². The summed E-state index contributed by atoms with van der Waals surface area (Å²) in [5, 5.41) is 8.95. The Morgan fingerprint density at radius 2 is 1.86 bits per heavy atom. The van der Waals surface area contributed by atoms with Crippen LogP contribution in [0.5, 0.6) is 0 Å². The number of rotatable bonds is 10. The number of halogens is 1. The number of hydrogen-bond acceptors (Lipinski definition) is 5. The lowest BCUT2D eigenvalue weighted by Crippen LogP contribution is -2.23. The monoisotopic (exact) mass is 328 g/mol. The number of aliphatic carboxylic acids is 1. The molecule has 0 aliphatic heterocycles. The van der Waals surface area contributed by atoms with Crippen molar-refractivity contribution in [1.82, 2.24) is 0 Å². The molecule has 0 heterocycles. The van der Waals surface area contributed by atoms with Crippen LogP contribution in [-0.2, 0) is 23.9 Å².